The van der Waals surface area contributed by atoms with Crippen LogP contribution in [-0.4, -0.2) is 4.98 Å². The Hall–Kier alpha value is -2.68. The van der Waals surface area contributed by atoms with Crippen LogP contribution < -0.4 is 10.5 Å². The normalized spacial score (nSPS) is 10.4. The van der Waals surface area contributed by atoms with E-state index in [0.717, 1.165) is 22.6 Å². The number of anilines is 1. The van der Waals surface area contributed by atoms with E-state index >= 15 is 0 Å². The molecule has 3 N–H and O–H groups in total. The summed E-state index contributed by atoms with van der Waals surface area (Å²) < 4.78 is 5.75. The number of aromatic amines is 1. The van der Waals surface area contributed by atoms with Gasteiger partial charge in [0.15, 0.2) is 0 Å². The van der Waals surface area contributed by atoms with Crippen molar-refractivity contribution in [3.8, 4) is 17.0 Å². The Morgan fingerprint density at radius 2 is 1.60 bits per heavy atom. The van der Waals surface area contributed by atoms with Crippen LogP contribution in [0.4, 0.5) is 5.82 Å². The van der Waals surface area contributed by atoms with Crippen LogP contribution in [0.15, 0.2) is 66.7 Å². The molecular formula is C17H16N2O. The third kappa shape index (κ3) is 2.83. The number of hydrogen-bond donors (Lipinski definition) is 2. The molecule has 0 amide bonds. The summed E-state index contributed by atoms with van der Waals surface area (Å²) in [5.74, 6) is 1.53. The minimum Gasteiger partial charge on any atom is -0.489 e. The van der Waals surface area contributed by atoms with Crippen LogP contribution >= 0.6 is 0 Å². The van der Waals surface area contributed by atoms with Crippen LogP contribution in [0.5, 0.6) is 5.75 Å². The Labute approximate surface area is 118 Å². The minimum absolute atomic E-state index is 0.579. The Morgan fingerprint density at radius 1 is 0.850 bits per heavy atom. The van der Waals surface area contributed by atoms with Crippen LogP contribution in [0, 0.1) is 0 Å². The predicted octanol–water partition coefficient (Wildman–Crippen LogP) is 3.84. The van der Waals surface area contributed by atoms with Gasteiger partial charge in [0.2, 0.25) is 0 Å². The molecule has 1 aromatic heterocycles. The molecule has 0 bridgehead atoms. The van der Waals surface area contributed by atoms with Crippen molar-refractivity contribution >= 4 is 5.82 Å². The largest absolute Gasteiger partial charge is 0.489 e. The number of nitrogens with two attached hydrogens (primary N) is 1. The number of aromatic nitrogens is 1. The van der Waals surface area contributed by atoms with E-state index in [4.69, 9.17) is 10.5 Å². The van der Waals surface area contributed by atoms with Crippen LogP contribution in [0.1, 0.15) is 5.56 Å². The van der Waals surface area contributed by atoms with Crippen LogP contribution in [0.3, 0.4) is 0 Å². The van der Waals surface area contributed by atoms with Gasteiger partial charge in [0, 0.05) is 5.69 Å². The van der Waals surface area contributed by atoms with E-state index in [1.54, 1.807) is 0 Å². The van der Waals surface area contributed by atoms with Crippen molar-refractivity contribution in [2.45, 2.75) is 6.61 Å². The third-order valence-corrected chi connectivity index (χ3v) is 3.12. The molecular weight excluding hydrogens is 248 g/mol. The molecule has 0 spiro atoms. The van der Waals surface area contributed by atoms with Gasteiger partial charge in [-0.05, 0) is 47.5 Å². The highest BCUT2D eigenvalue weighted by Gasteiger charge is 2.01. The Morgan fingerprint density at radius 3 is 2.25 bits per heavy atom. The summed E-state index contributed by atoms with van der Waals surface area (Å²) in [6, 6.07) is 21.9. The maximum absolute atomic E-state index is 5.75. The van der Waals surface area contributed by atoms with Crippen molar-refractivity contribution in [3.63, 3.8) is 0 Å². The maximum Gasteiger partial charge on any atom is 0.119 e. The molecule has 3 aromatic rings. The van der Waals surface area contributed by atoms with Crippen molar-refractivity contribution in [1.29, 1.82) is 0 Å². The molecule has 0 atom stereocenters. The van der Waals surface area contributed by atoms with Gasteiger partial charge in [0.25, 0.3) is 0 Å². The molecule has 20 heavy (non-hydrogen) atoms. The molecule has 3 rings (SSSR count). The summed E-state index contributed by atoms with van der Waals surface area (Å²) in [7, 11) is 0. The third-order valence-electron chi connectivity index (χ3n) is 3.12. The van der Waals surface area contributed by atoms with Gasteiger partial charge in [-0.2, -0.15) is 0 Å². The summed E-state index contributed by atoms with van der Waals surface area (Å²) in [5, 5.41) is 0. The lowest BCUT2D eigenvalue weighted by atomic mass is 10.1. The highest BCUT2D eigenvalue weighted by atomic mass is 16.5. The van der Waals surface area contributed by atoms with Crippen molar-refractivity contribution in [2.75, 3.05) is 5.73 Å². The number of nitrogens with one attached hydrogen (secondary N) is 1. The molecule has 0 saturated heterocycles. The average molecular weight is 264 g/mol. The quantitative estimate of drug-likeness (QED) is 0.752. The average Bonchev–Trinajstić information content (AvgIpc) is 2.93. The van der Waals surface area contributed by atoms with E-state index in [1.807, 2.05) is 54.6 Å². The molecule has 0 saturated carbocycles. The molecule has 0 aliphatic carbocycles. The lowest BCUT2D eigenvalue weighted by molar-refractivity contribution is 0.306. The number of rotatable bonds is 4. The fourth-order valence-corrected chi connectivity index (χ4v) is 2.05. The first-order chi connectivity index (χ1) is 9.81. The van der Waals surface area contributed by atoms with Gasteiger partial charge in [-0.25, -0.2) is 0 Å². The smallest absolute Gasteiger partial charge is 0.119 e. The summed E-state index contributed by atoms with van der Waals surface area (Å²) in [4.78, 5) is 3.11. The molecule has 100 valence electrons. The van der Waals surface area contributed by atoms with Crippen LogP contribution in [0.25, 0.3) is 11.3 Å². The second-order valence-corrected chi connectivity index (χ2v) is 4.63. The lowest BCUT2D eigenvalue weighted by Gasteiger charge is -2.07. The monoisotopic (exact) mass is 264 g/mol. The summed E-state index contributed by atoms with van der Waals surface area (Å²) in [5.41, 5.74) is 8.94. The second-order valence-electron chi connectivity index (χ2n) is 4.63. The molecule has 0 fully saturated rings. The first kappa shape index (κ1) is 12.4. The first-order valence-corrected chi connectivity index (χ1v) is 6.53. The van der Waals surface area contributed by atoms with Gasteiger partial charge in [0.1, 0.15) is 18.2 Å². The highest BCUT2D eigenvalue weighted by Crippen LogP contribution is 2.22. The zero-order valence-electron chi connectivity index (χ0n) is 11.0. The molecule has 0 unspecified atom stereocenters. The molecule has 3 nitrogen and oxygen atoms in total. The van der Waals surface area contributed by atoms with Gasteiger partial charge in [-0.15, -0.1) is 0 Å². The number of ether oxygens (including phenoxy) is 1. The van der Waals surface area contributed by atoms with E-state index in [9.17, 15) is 0 Å². The van der Waals surface area contributed by atoms with E-state index in [2.05, 4.69) is 17.1 Å². The van der Waals surface area contributed by atoms with Crippen molar-refractivity contribution < 1.29 is 4.74 Å². The van der Waals surface area contributed by atoms with Crippen molar-refractivity contribution in [3.05, 3.63) is 72.3 Å². The minimum atomic E-state index is 0.579. The first-order valence-electron chi connectivity index (χ1n) is 6.53. The fraction of sp³-hybridized carbons (Fsp3) is 0.0588. The SMILES string of the molecule is Nc1ccc(-c2ccc(OCc3ccccc3)cc2)[nH]1. The molecule has 2 aromatic carbocycles. The van der Waals surface area contributed by atoms with Gasteiger partial charge in [-0.1, -0.05) is 30.3 Å². The Kier molecular flexibility index (Phi) is 3.42. The van der Waals surface area contributed by atoms with Gasteiger partial charge in [-0.3, -0.25) is 0 Å². The number of benzene rings is 2. The van der Waals surface area contributed by atoms with E-state index in [0.29, 0.717) is 12.4 Å². The predicted molar refractivity (Wildman–Crippen MR) is 81.4 cm³/mol. The maximum atomic E-state index is 5.75. The molecule has 0 aliphatic rings. The summed E-state index contributed by atoms with van der Waals surface area (Å²) >= 11 is 0. The zero-order valence-corrected chi connectivity index (χ0v) is 11.0. The number of nitrogen functional groups attached to an aromatic ring is 1. The lowest BCUT2D eigenvalue weighted by Crippen LogP contribution is -1.94. The highest BCUT2D eigenvalue weighted by molar-refractivity contribution is 5.63. The van der Waals surface area contributed by atoms with Gasteiger partial charge < -0.3 is 15.5 Å². The molecule has 1 heterocycles. The summed E-state index contributed by atoms with van der Waals surface area (Å²) in [6.45, 7) is 0.579. The van der Waals surface area contributed by atoms with Gasteiger partial charge in [0.05, 0.1) is 0 Å². The second kappa shape index (κ2) is 5.53. The van der Waals surface area contributed by atoms with E-state index < -0.39 is 0 Å². The topological polar surface area (TPSA) is 51.0 Å². The Balaban J connectivity index is 1.67. The summed E-state index contributed by atoms with van der Waals surface area (Å²) in [6.07, 6.45) is 0. The number of H-pyrrole nitrogens is 1. The number of hydrogen-bond acceptors (Lipinski definition) is 2. The molecule has 3 heteroatoms. The Bertz CT molecular complexity index is 672. The van der Waals surface area contributed by atoms with Crippen LogP contribution in [-0.2, 0) is 6.61 Å². The molecule has 0 radical (unpaired) electrons. The standard InChI is InChI=1S/C17H16N2O/c18-17-11-10-16(19-17)14-6-8-15(9-7-14)20-12-13-4-2-1-3-5-13/h1-11,19H,12,18H2. The zero-order chi connectivity index (χ0) is 13.8. The van der Waals surface area contributed by atoms with Crippen LogP contribution in [0.2, 0.25) is 0 Å². The van der Waals surface area contributed by atoms with Crippen molar-refractivity contribution in [2.24, 2.45) is 0 Å². The van der Waals surface area contributed by atoms with E-state index in [1.165, 1.54) is 0 Å². The molecule has 0 aliphatic heterocycles. The fourth-order valence-electron chi connectivity index (χ4n) is 2.05. The van der Waals surface area contributed by atoms with Gasteiger partial charge >= 0.3 is 0 Å². The van der Waals surface area contributed by atoms with E-state index in [-0.39, 0.29) is 0 Å². The van der Waals surface area contributed by atoms with Crippen molar-refractivity contribution in [1.82, 2.24) is 4.98 Å².